The Labute approximate surface area is 138 Å². The minimum atomic E-state index is 0.264. The van der Waals surface area contributed by atoms with Crippen molar-refractivity contribution < 1.29 is 5.11 Å². The Kier molecular flexibility index (Phi) is 5.81. The van der Waals surface area contributed by atoms with Gasteiger partial charge >= 0.3 is 0 Å². The maximum atomic E-state index is 9.77. The van der Waals surface area contributed by atoms with Crippen LogP contribution >= 0.6 is 0 Å². The number of aromatic hydroxyl groups is 1. The van der Waals surface area contributed by atoms with Gasteiger partial charge in [-0.05, 0) is 43.3 Å². The van der Waals surface area contributed by atoms with E-state index in [1.807, 2.05) is 44.2 Å². The van der Waals surface area contributed by atoms with Crippen LogP contribution < -0.4 is 4.90 Å². The Bertz CT molecular complexity index is 720. The molecular formula is C21H23NO. The lowest BCUT2D eigenvalue weighted by Gasteiger charge is -2.25. The maximum Gasteiger partial charge on any atom is 0.117 e. The van der Waals surface area contributed by atoms with E-state index >= 15 is 0 Å². The van der Waals surface area contributed by atoms with Crippen LogP contribution in [0, 0.1) is 6.92 Å². The zero-order valence-corrected chi connectivity index (χ0v) is 13.9. The van der Waals surface area contributed by atoms with Crippen LogP contribution in [-0.2, 0) is 0 Å². The molecule has 0 aliphatic carbocycles. The number of hydrogen-bond donors (Lipinski definition) is 1. The lowest BCUT2D eigenvalue weighted by atomic mass is 10.1. The Morgan fingerprint density at radius 2 is 1.22 bits per heavy atom. The predicted molar refractivity (Wildman–Crippen MR) is 98.9 cm³/mol. The molecule has 1 N–H and O–H groups in total. The van der Waals surface area contributed by atoms with Crippen LogP contribution in [0.1, 0.15) is 19.4 Å². The average molecular weight is 305 g/mol. The van der Waals surface area contributed by atoms with Crippen LogP contribution in [0.2, 0.25) is 0 Å². The Morgan fingerprint density at radius 3 is 1.83 bits per heavy atom. The number of hydrogen-bond acceptors (Lipinski definition) is 2. The highest BCUT2D eigenvalue weighted by Gasteiger charge is 2.12. The highest BCUT2D eigenvalue weighted by atomic mass is 16.3. The Morgan fingerprint density at radius 1 is 0.652 bits per heavy atom. The van der Waals surface area contributed by atoms with E-state index in [2.05, 4.69) is 48.2 Å². The summed E-state index contributed by atoms with van der Waals surface area (Å²) in [7, 11) is 0. The quantitative estimate of drug-likeness (QED) is 0.623. The van der Waals surface area contributed by atoms with Crippen molar-refractivity contribution in [1.82, 2.24) is 0 Å². The minimum absolute atomic E-state index is 0.264. The molecule has 2 heteroatoms. The van der Waals surface area contributed by atoms with E-state index in [0.29, 0.717) is 0 Å². The number of benzene rings is 3. The predicted octanol–water partition coefficient (Wildman–Crippen LogP) is 6.20. The van der Waals surface area contributed by atoms with Crippen molar-refractivity contribution in [3.8, 4) is 5.75 Å². The summed E-state index contributed by atoms with van der Waals surface area (Å²) in [5, 5.41) is 9.77. The first kappa shape index (κ1) is 16.6. The maximum absolute atomic E-state index is 9.77. The van der Waals surface area contributed by atoms with Gasteiger partial charge in [-0.25, -0.2) is 0 Å². The molecular weight excluding hydrogens is 282 g/mol. The largest absolute Gasteiger partial charge is 0.508 e. The monoisotopic (exact) mass is 305 g/mol. The summed E-state index contributed by atoms with van der Waals surface area (Å²) in [5.74, 6) is 0.264. The Hall–Kier alpha value is -2.74. The summed E-state index contributed by atoms with van der Waals surface area (Å²) in [6.45, 7) is 6.07. The summed E-state index contributed by atoms with van der Waals surface area (Å²) in [6, 6.07) is 25.8. The second kappa shape index (κ2) is 8.04. The molecule has 3 aromatic carbocycles. The first-order valence-corrected chi connectivity index (χ1v) is 7.95. The van der Waals surface area contributed by atoms with Crippen molar-refractivity contribution in [1.29, 1.82) is 0 Å². The topological polar surface area (TPSA) is 23.5 Å². The molecule has 118 valence electrons. The second-order valence-electron chi connectivity index (χ2n) is 5.03. The van der Waals surface area contributed by atoms with Crippen molar-refractivity contribution in [2.45, 2.75) is 20.8 Å². The molecule has 0 aliphatic heterocycles. The lowest BCUT2D eigenvalue weighted by Crippen LogP contribution is -2.09. The summed E-state index contributed by atoms with van der Waals surface area (Å²) in [6.07, 6.45) is 0. The summed E-state index contributed by atoms with van der Waals surface area (Å²) in [5.41, 5.74) is 4.29. The van der Waals surface area contributed by atoms with Crippen molar-refractivity contribution in [2.24, 2.45) is 0 Å². The molecule has 0 saturated carbocycles. The SMILES string of the molecule is CC.Cc1ccc(N(c2ccccc2)c2cccc(O)c2)cc1. The van der Waals surface area contributed by atoms with E-state index in [9.17, 15) is 5.11 Å². The minimum Gasteiger partial charge on any atom is -0.508 e. The van der Waals surface area contributed by atoms with Crippen molar-refractivity contribution in [3.63, 3.8) is 0 Å². The molecule has 0 saturated heterocycles. The zero-order chi connectivity index (χ0) is 16.7. The van der Waals surface area contributed by atoms with E-state index in [-0.39, 0.29) is 5.75 Å². The molecule has 0 aliphatic rings. The van der Waals surface area contributed by atoms with Crippen molar-refractivity contribution in [2.75, 3.05) is 4.90 Å². The molecule has 0 atom stereocenters. The van der Waals surface area contributed by atoms with E-state index < -0.39 is 0 Å². The molecule has 0 spiro atoms. The fourth-order valence-electron chi connectivity index (χ4n) is 2.35. The zero-order valence-electron chi connectivity index (χ0n) is 13.9. The van der Waals surface area contributed by atoms with E-state index in [0.717, 1.165) is 17.1 Å². The average Bonchev–Trinajstić information content (AvgIpc) is 2.60. The fourth-order valence-corrected chi connectivity index (χ4v) is 2.35. The van der Waals surface area contributed by atoms with Gasteiger partial charge in [0.05, 0.1) is 0 Å². The normalized spacial score (nSPS) is 9.70. The number of rotatable bonds is 3. The highest BCUT2D eigenvalue weighted by molar-refractivity contribution is 5.77. The van der Waals surface area contributed by atoms with Gasteiger partial charge in [-0.1, -0.05) is 55.8 Å². The van der Waals surface area contributed by atoms with E-state index in [1.54, 1.807) is 12.1 Å². The molecule has 0 unspecified atom stereocenters. The molecule has 3 rings (SSSR count). The van der Waals surface area contributed by atoms with Gasteiger partial charge in [0.2, 0.25) is 0 Å². The van der Waals surface area contributed by atoms with Gasteiger partial charge in [0.15, 0.2) is 0 Å². The first-order chi connectivity index (χ1) is 11.2. The smallest absolute Gasteiger partial charge is 0.117 e. The first-order valence-electron chi connectivity index (χ1n) is 7.95. The molecule has 0 fully saturated rings. The molecule has 0 radical (unpaired) electrons. The third kappa shape index (κ3) is 4.13. The highest BCUT2D eigenvalue weighted by Crippen LogP contribution is 2.35. The Balaban J connectivity index is 0.000000924. The van der Waals surface area contributed by atoms with E-state index in [4.69, 9.17) is 0 Å². The number of anilines is 3. The van der Waals surface area contributed by atoms with Gasteiger partial charge in [0.25, 0.3) is 0 Å². The van der Waals surface area contributed by atoms with Gasteiger partial charge < -0.3 is 10.0 Å². The third-order valence-corrected chi connectivity index (χ3v) is 3.39. The van der Waals surface area contributed by atoms with Crippen LogP contribution in [0.4, 0.5) is 17.1 Å². The molecule has 2 nitrogen and oxygen atoms in total. The van der Waals surface area contributed by atoms with Crippen LogP contribution in [0.5, 0.6) is 5.75 Å². The molecule has 0 bridgehead atoms. The second-order valence-corrected chi connectivity index (χ2v) is 5.03. The number of para-hydroxylation sites is 1. The lowest BCUT2D eigenvalue weighted by molar-refractivity contribution is 0.475. The number of nitrogens with zero attached hydrogens (tertiary/aromatic N) is 1. The summed E-state index contributed by atoms with van der Waals surface area (Å²) < 4.78 is 0. The summed E-state index contributed by atoms with van der Waals surface area (Å²) >= 11 is 0. The number of phenols is 1. The number of phenolic OH excluding ortho intramolecular Hbond substituents is 1. The van der Waals surface area contributed by atoms with Crippen molar-refractivity contribution in [3.05, 3.63) is 84.4 Å². The molecule has 23 heavy (non-hydrogen) atoms. The molecule has 0 aromatic heterocycles. The fraction of sp³-hybridized carbons (Fsp3) is 0.143. The molecule has 0 heterocycles. The van der Waals surface area contributed by atoms with Gasteiger partial charge in [0, 0.05) is 23.1 Å². The van der Waals surface area contributed by atoms with E-state index in [1.165, 1.54) is 5.56 Å². The number of aryl methyl sites for hydroxylation is 1. The van der Waals surface area contributed by atoms with Gasteiger partial charge in [-0.2, -0.15) is 0 Å². The van der Waals surface area contributed by atoms with Crippen LogP contribution in [0.15, 0.2) is 78.9 Å². The molecule has 0 amide bonds. The molecule has 3 aromatic rings. The summed E-state index contributed by atoms with van der Waals surface area (Å²) in [4.78, 5) is 2.12. The van der Waals surface area contributed by atoms with Gasteiger partial charge in [-0.3, -0.25) is 0 Å². The van der Waals surface area contributed by atoms with Gasteiger partial charge in [-0.15, -0.1) is 0 Å². The standard InChI is InChI=1S/C19H17NO.C2H6/c1-15-10-12-17(13-11-15)20(16-6-3-2-4-7-16)18-8-5-9-19(21)14-18;1-2/h2-14,21H,1H3;1-2H3. The van der Waals surface area contributed by atoms with Crippen molar-refractivity contribution >= 4 is 17.1 Å². The van der Waals surface area contributed by atoms with Crippen LogP contribution in [0.3, 0.4) is 0 Å². The third-order valence-electron chi connectivity index (χ3n) is 3.39. The van der Waals surface area contributed by atoms with Crippen LogP contribution in [-0.4, -0.2) is 5.11 Å². The van der Waals surface area contributed by atoms with Crippen LogP contribution in [0.25, 0.3) is 0 Å². The van der Waals surface area contributed by atoms with Gasteiger partial charge in [0.1, 0.15) is 5.75 Å².